The van der Waals surface area contributed by atoms with Crippen LogP contribution in [0.4, 0.5) is 5.82 Å². The zero-order valence-electron chi connectivity index (χ0n) is 14.9. The summed E-state index contributed by atoms with van der Waals surface area (Å²) in [6, 6.07) is -1.14. The quantitative estimate of drug-likeness (QED) is 0.288. The Morgan fingerprint density at radius 1 is 1.13 bits per heavy atom. The lowest BCUT2D eigenvalue weighted by Crippen LogP contribution is -2.40. The largest absolute Gasteiger partial charge is 0.790 e. The van der Waals surface area contributed by atoms with Crippen LogP contribution in [0.15, 0.2) is 12.7 Å². The van der Waals surface area contributed by atoms with Crippen molar-refractivity contribution in [2.24, 2.45) is 5.73 Å². The summed E-state index contributed by atoms with van der Waals surface area (Å²) in [7, 11) is -18.0. The third-order valence-electron chi connectivity index (χ3n) is 3.88. The molecule has 0 spiro atoms. The van der Waals surface area contributed by atoms with E-state index in [0.29, 0.717) is 0 Å². The molecule has 0 saturated carbocycles. The number of aliphatic hydroxyl groups excluding tert-OH is 1. The van der Waals surface area contributed by atoms with Gasteiger partial charge in [-0.05, 0) is 0 Å². The SMILES string of the molecule is Nc1ncnc2c1ncn2C1OC(COP(=O)([O-])OP(=O)([O-])OP(=O)([O-])[O-])C(O)C1N. The number of aliphatic hydroxyl groups is 1. The summed E-state index contributed by atoms with van der Waals surface area (Å²) >= 11 is 0. The van der Waals surface area contributed by atoms with E-state index < -0.39 is 54.6 Å². The molecule has 21 heteroatoms. The lowest BCUT2D eigenvalue weighted by atomic mass is 10.1. The van der Waals surface area contributed by atoms with Crippen LogP contribution < -0.4 is 31.0 Å². The van der Waals surface area contributed by atoms with Crippen LogP contribution in [0.3, 0.4) is 0 Å². The van der Waals surface area contributed by atoms with Crippen LogP contribution in [0.5, 0.6) is 0 Å². The third kappa shape index (κ3) is 5.71. The van der Waals surface area contributed by atoms with Crippen molar-refractivity contribution < 1.29 is 56.3 Å². The standard InChI is InChI=1S/C10H17N6O12P3/c11-5-7(17)4(1-25-30(21,22)28-31(23,24)27-29(18,19)20)26-10(5)16-3-15-6-8(12)13-2-14-9(6)16/h2-5,7,10,17H,1,11H2,(H,21,22)(H,23,24)(H2,12,13,14)(H2,18,19,20)/p-4. The summed E-state index contributed by atoms with van der Waals surface area (Å²) in [4.78, 5) is 55.1. The number of ether oxygens (including phenoxy) is 1. The summed E-state index contributed by atoms with van der Waals surface area (Å²) in [6.45, 7) is -0.998. The number of fused-ring (bicyclic) bond motifs is 1. The van der Waals surface area contributed by atoms with E-state index in [-0.39, 0.29) is 17.0 Å². The zero-order valence-corrected chi connectivity index (χ0v) is 17.6. The van der Waals surface area contributed by atoms with Crippen LogP contribution in [0.2, 0.25) is 0 Å². The maximum Gasteiger partial charge on any atom is 0.278 e. The number of hydrogen-bond donors (Lipinski definition) is 3. The lowest BCUT2D eigenvalue weighted by molar-refractivity contribution is -0.339. The Balaban J connectivity index is 1.69. The average molecular weight is 502 g/mol. The number of nitrogen functional groups attached to an aromatic ring is 1. The van der Waals surface area contributed by atoms with Crippen LogP contribution in [0.25, 0.3) is 11.2 Å². The molecule has 0 aromatic carbocycles. The topological polar surface area (TPSA) is 296 Å². The molecule has 6 unspecified atom stereocenters. The van der Waals surface area contributed by atoms with E-state index in [0.717, 1.165) is 6.33 Å². The van der Waals surface area contributed by atoms with Crippen molar-refractivity contribution in [2.45, 2.75) is 24.5 Å². The molecule has 5 N–H and O–H groups in total. The molecule has 1 saturated heterocycles. The molecule has 1 fully saturated rings. The van der Waals surface area contributed by atoms with Gasteiger partial charge in [-0.1, -0.05) is 0 Å². The minimum atomic E-state index is -6.12. The first-order valence-corrected chi connectivity index (χ1v) is 12.3. The van der Waals surface area contributed by atoms with Gasteiger partial charge in [0.05, 0.1) is 26.8 Å². The van der Waals surface area contributed by atoms with Gasteiger partial charge in [-0.25, -0.2) is 19.3 Å². The number of imidazole rings is 1. The van der Waals surface area contributed by atoms with E-state index in [2.05, 4.69) is 28.1 Å². The van der Waals surface area contributed by atoms with E-state index >= 15 is 0 Å². The smallest absolute Gasteiger partial charge is 0.278 e. The van der Waals surface area contributed by atoms with Gasteiger partial charge in [0, 0.05) is 0 Å². The van der Waals surface area contributed by atoms with Gasteiger partial charge >= 0.3 is 0 Å². The highest BCUT2D eigenvalue weighted by atomic mass is 31.3. The highest BCUT2D eigenvalue weighted by Gasteiger charge is 2.44. The van der Waals surface area contributed by atoms with Gasteiger partial charge in [0.2, 0.25) is 0 Å². The first-order chi connectivity index (χ1) is 14.2. The monoisotopic (exact) mass is 502 g/mol. The van der Waals surface area contributed by atoms with Gasteiger partial charge in [0.1, 0.15) is 24.1 Å². The minimum absolute atomic E-state index is 0.0603. The fraction of sp³-hybridized carbons (Fsp3) is 0.500. The number of phosphoric ester groups is 1. The molecule has 0 radical (unpaired) electrons. The maximum atomic E-state index is 11.6. The molecule has 31 heavy (non-hydrogen) atoms. The number of nitrogens with two attached hydrogens (primary N) is 2. The molecule has 3 rings (SSSR count). The molecular formula is C10H13N6O12P3-4. The Bertz CT molecular complexity index is 1110. The molecule has 6 atom stereocenters. The van der Waals surface area contributed by atoms with Crippen molar-refractivity contribution in [2.75, 3.05) is 12.3 Å². The van der Waals surface area contributed by atoms with Crippen molar-refractivity contribution in [3.8, 4) is 0 Å². The molecule has 2 aromatic rings. The molecule has 174 valence electrons. The second-order valence-corrected chi connectivity index (χ2v) is 10.3. The van der Waals surface area contributed by atoms with Crippen molar-refractivity contribution in [1.82, 2.24) is 19.5 Å². The van der Waals surface area contributed by atoms with Gasteiger partial charge < -0.3 is 50.0 Å². The molecule has 0 bridgehead atoms. The van der Waals surface area contributed by atoms with Crippen molar-refractivity contribution in [3.05, 3.63) is 12.7 Å². The molecule has 1 aliphatic rings. The lowest BCUT2D eigenvalue weighted by Gasteiger charge is -2.37. The summed E-state index contributed by atoms with van der Waals surface area (Å²) in [5, 5.41) is 10.2. The van der Waals surface area contributed by atoms with Crippen molar-refractivity contribution in [3.63, 3.8) is 0 Å². The Labute approximate surface area is 172 Å². The predicted molar refractivity (Wildman–Crippen MR) is 88.6 cm³/mol. The highest BCUT2D eigenvalue weighted by Crippen LogP contribution is 2.60. The molecule has 1 aliphatic heterocycles. The molecule has 18 nitrogen and oxygen atoms in total. The molecule has 0 amide bonds. The van der Waals surface area contributed by atoms with Crippen LogP contribution >= 0.6 is 23.5 Å². The van der Waals surface area contributed by atoms with Crippen LogP contribution in [-0.2, 0) is 31.6 Å². The number of nitrogens with zero attached hydrogens (tertiary/aromatic N) is 4. The Morgan fingerprint density at radius 3 is 2.45 bits per heavy atom. The molecule has 0 aliphatic carbocycles. The zero-order chi connectivity index (χ0) is 23.2. The third-order valence-corrected chi connectivity index (χ3v) is 7.54. The van der Waals surface area contributed by atoms with Gasteiger partial charge in [-0.15, -0.1) is 0 Å². The van der Waals surface area contributed by atoms with E-state index in [1.165, 1.54) is 10.9 Å². The number of rotatable bonds is 8. The van der Waals surface area contributed by atoms with Crippen LogP contribution in [0.1, 0.15) is 6.23 Å². The summed E-state index contributed by atoms with van der Waals surface area (Å²) in [5.74, 6) is 0.0603. The number of anilines is 1. The van der Waals surface area contributed by atoms with Crippen LogP contribution in [-0.4, -0.2) is 49.5 Å². The summed E-state index contributed by atoms with van der Waals surface area (Å²) in [5.41, 5.74) is 12.0. The number of phosphoric acid groups is 3. The van der Waals surface area contributed by atoms with E-state index in [1.54, 1.807) is 0 Å². The van der Waals surface area contributed by atoms with Crippen molar-refractivity contribution in [1.29, 1.82) is 0 Å². The van der Waals surface area contributed by atoms with Crippen LogP contribution in [0, 0.1) is 0 Å². The Hall–Kier alpha value is -1.36. The Morgan fingerprint density at radius 2 is 1.81 bits per heavy atom. The van der Waals surface area contributed by atoms with Gasteiger partial charge in [0.15, 0.2) is 17.7 Å². The van der Waals surface area contributed by atoms with Crippen molar-refractivity contribution >= 4 is 40.4 Å². The van der Waals surface area contributed by atoms with E-state index in [1.807, 2.05) is 0 Å². The minimum Gasteiger partial charge on any atom is -0.790 e. The normalized spacial score (nSPS) is 28.5. The second kappa shape index (κ2) is 8.53. The van der Waals surface area contributed by atoms with Gasteiger partial charge in [0.25, 0.3) is 15.6 Å². The number of hydrogen-bond acceptors (Lipinski definition) is 17. The first kappa shape index (κ1) is 24.3. The second-order valence-electron chi connectivity index (χ2n) is 6.02. The summed E-state index contributed by atoms with van der Waals surface area (Å²) < 4.78 is 50.6. The summed E-state index contributed by atoms with van der Waals surface area (Å²) in [6.07, 6.45) is -1.66. The van der Waals surface area contributed by atoms with E-state index in [9.17, 15) is 38.4 Å². The first-order valence-electron chi connectivity index (χ1n) is 7.92. The molecule has 3 heterocycles. The maximum absolute atomic E-state index is 11.6. The van der Waals surface area contributed by atoms with Gasteiger partial charge in [-0.3, -0.25) is 18.0 Å². The van der Waals surface area contributed by atoms with Gasteiger partial charge in [-0.2, -0.15) is 0 Å². The predicted octanol–water partition coefficient (Wildman–Crippen LogP) is -4.19. The fourth-order valence-corrected chi connectivity index (χ4v) is 5.53. The highest BCUT2D eigenvalue weighted by molar-refractivity contribution is 7.64. The Kier molecular flexibility index (Phi) is 6.68. The fourth-order valence-electron chi connectivity index (χ4n) is 2.66. The molecular weight excluding hydrogens is 489 g/mol. The molecule has 2 aromatic heterocycles. The van der Waals surface area contributed by atoms with E-state index in [4.69, 9.17) is 16.2 Å². The average Bonchev–Trinajstić information content (AvgIpc) is 3.13. The number of aromatic nitrogens is 4.